The van der Waals surface area contributed by atoms with Gasteiger partial charge >= 0.3 is 0 Å². The largest absolute Gasteiger partial charge is 0.497 e. The first-order valence-electron chi connectivity index (χ1n) is 15.0. The summed E-state index contributed by atoms with van der Waals surface area (Å²) in [5.41, 5.74) is 1.45. The molecule has 1 fully saturated rings. The molecule has 1 aliphatic rings. The molecule has 12 nitrogen and oxygen atoms in total. The average Bonchev–Trinajstić information content (AvgIpc) is 3.09. The Bertz CT molecular complexity index is 1740. The lowest BCUT2D eigenvalue weighted by Gasteiger charge is -2.41. The van der Waals surface area contributed by atoms with Gasteiger partial charge in [0, 0.05) is 63.0 Å². The first-order chi connectivity index (χ1) is 22.7. The van der Waals surface area contributed by atoms with Crippen molar-refractivity contribution in [1.82, 2.24) is 4.90 Å². The van der Waals surface area contributed by atoms with E-state index in [1.807, 2.05) is 24.3 Å². The molecule has 0 atom stereocenters. The van der Waals surface area contributed by atoms with Crippen molar-refractivity contribution < 1.29 is 33.5 Å². The third kappa shape index (κ3) is 7.86. The maximum Gasteiger partial charge on any atom is 0.271 e. The number of non-ortho nitro benzene ring substituents is 1. The second-order valence-corrected chi connectivity index (χ2v) is 10.9. The number of carbonyl (C=O) groups is 2. The minimum atomic E-state index is -0.984. The maximum absolute atomic E-state index is 13.7. The van der Waals surface area contributed by atoms with Crippen molar-refractivity contribution in [2.75, 3.05) is 45.1 Å². The molecule has 244 valence electrons. The summed E-state index contributed by atoms with van der Waals surface area (Å²) in [6, 6.07) is 24.9. The molecule has 2 N–H and O–H groups in total. The fraction of sp³-hybridized carbons (Fsp3) is 0.257. The number of benzene rings is 4. The van der Waals surface area contributed by atoms with Crippen LogP contribution in [-0.2, 0) is 11.3 Å². The zero-order valence-electron chi connectivity index (χ0n) is 26.4. The van der Waals surface area contributed by atoms with Gasteiger partial charge in [0.2, 0.25) is 5.79 Å². The van der Waals surface area contributed by atoms with Crippen molar-refractivity contribution in [3.63, 3.8) is 0 Å². The minimum absolute atomic E-state index is 0.0314. The third-order valence-electron chi connectivity index (χ3n) is 8.06. The second kappa shape index (κ2) is 14.8. The number of para-hydroxylation sites is 2. The van der Waals surface area contributed by atoms with Crippen LogP contribution in [0.4, 0.5) is 17.1 Å². The molecule has 1 saturated heterocycles. The number of nitro benzene ring substituents is 1. The molecule has 4 aromatic carbocycles. The van der Waals surface area contributed by atoms with Gasteiger partial charge in [0.25, 0.3) is 17.5 Å². The van der Waals surface area contributed by atoms with Gasteiger partial charge in [-0.1, -0.05) is 30.3 Å². The normalized spacial score (nSPS) is 14.1. The first-order valence-corrected chi connectivity index (χ1v) is 15.0. The van der Waals surface area contributed by atoms with E-state index in [0.29, 0.717) is 43.9 Å². The van der Waals surface area contributed by atoms with Crippen molar-refractivity contribution in [3.8, 4) is 17.2 Å². The topological polar surface area (TPSA) is 142 Å². The molecule has 0 spiro atoms. The van der Waals surface area contributed by atoms with Gasteiger partial charge in [0.15, 0.2) is 0 Å². The maximum atomic E-state index is 13.7. The SMILES string of the molecule is COc1ccc(NC(=O)c2ccc([N+](=O)[O-])cc2NC(=O)c2ccccc2OC2(OC)CCN(Cc3ccccc3OC)CC2)cc1. The van der Waals surface area contributed by atoms with Crippen LogP contribution in [0.5, 0.6) is 17.2 Å². The van der Waals surface area contributed by atoms with E-state index in [1.165, 1.54) is 19.2 Å². The van der Waals surface area contributed by atoms with Gasteiger partial charge in [-0.25, -0.2) is 0 Å². The molecule has 47 heavy (non-hydrogen) atoms. The van der Waals surface area contributed by atoms with Crippen LogP contribution in [0.15, 0.2) is 91.0 Å². The molecule has 0 saturated carbocycles. The summed E-state index contributed by atoms with van der Waals surface area (Å²) in [6.45, 7) is 2.07. The highest BCUT2D eigenvalue weighted by atomic mass is 16.7. The van der Waals surface area contributed by atoms with Crippen LogP contribution in [0.1, 0.15) is 39.1 Å². The fourth-order valence-electron chi connectivity index (χ4n) is 5.43. The zero-order chi connectivity index (χ0) is 33.4. The second-order valence-electron chi connectivity index (χ2n) is 10.9. The molecule has 1 aliphatic heterocycles. The van der Waals surface area contributed by atoms with E-state index in [-0.39, 0.29) is 28.3 Å². The number of piperidine rings is 1. The number of likely N-dealkylation sites (tertiary alicyclic amines) is 1. The van der Waals surface area contributed by atoms with Crippen LogP contribution in [0.2, 0.25) is 0 Å². The Kier molecular flexibility index (Phi) is 10.3. The van der Waals surface area contributed by atoms with Crippen LogP contribution in [0.25, 0.3) is 0 Å². The molecule has 12 heteroatoms. The van der Waals surface area contributed by atoms with Gasteiger partial charge in [0.05, 0.1) is 36.0 Å². The van der Waals surface area contributed by atoms with E-state index < -0.39 is 22.5 Å². The predicted molar refractivity (Wildman–Crippen MR) is 176 cm³/mol. The quantitative estimate of drug-likeness (QED) is 0.106. The Morgan fingerprint density at radius 3 is 2.13 bits per heavy atom. The molecular weight excluding hydrogens is 604 g/mol. The van der Waals surface area contributed by atoms with Crippen molar-refractivity contribution in [3.05, 3.63) is 118 Å². The molecule has 5 rings (SSSR count). The van der Waals surface area contributed by atoms with Gasteiger partial charge < -0.3 is 29.6 Å². The number of hydrogen-bond donors (Lipinski definition) is 2. The van der Waals surface area contributed by atoms with Crippen LogP contribution >= 0.6 is 0 Å². The van der Waals surface area contributed by atoms with Crippen molar-refractivity contribution in [1.29, 1.82) is 0 Å². The standard InChI is InChI=1S/C35H36N4O8/c1-44-27-15-12-25(13-16-27)36-33(40)28-17-14-26(39(42)43)22-30(28)37-34(41)29-9-5-7-11-32(29)47-35(46-3)18-20-38(21-19-35)23-24-8-4-6-10-31(24)45-2/h4-17,22H,18-21,23H2,1-3H3,(H,36,40)(H,37,41). The molecule has 2 amide bonds. The number of nitrogens with zero attached hydrogens (tertiary/aromatic N) is 2. The van der Waals surface area contributed by atoms with Crippen molar-refractivity contribution in [2.45, 2.75) is 25.2 Å². The minimum Gasteiger partial charge on any atom is -0.497 e. The number of carbonyl (C=O) groups excluding carboxylic acids is 2. The van der Waals surface area contributed by atoms with Gasteiger partial charge in [-0.3, -0.25) is 24.6 Å². The highest BCUT2D eigenvalue weighted by molar-refractivity contribution is 6.13. The number of ether oxygens (including phenoxy) is 4. The lowest BCUT2D eigenvalue weighted by Crippen LogP contribution is -2.49. The summed E-state index contributed by atoms with van der Waals surface area (Å²) < 4.78 is 23.0. The molecule has 0 aliphatic carbocycles. The highest BCUT2D eigenvalue weighted by Crippen LogP contribution is 2.34. The van der Waals surface area contributed by atoms with Gasteiger partial charge in [0.1, 0.15) is 17.2 Å². The molecule has 1 heterocycles. The van der Waals surface area contributed by atoms with Gasteiger partial charge in [-0.05, 0) is 48.5 Å². The predicted octanol–water partition coefficient (Wildman–Crippen LogP) is 6.13. The lowest BCUT2D eigenvalue weighted by atomic mass is 10.0. The number of nitrogens with one attached hydrogen (secondary N) is 2. The first kappa shape index (κ1) is 32.9. The van der Waals surface area contributed by atoms with Crippen molar-refractivity contribution >= 4 is 28.9 Å². The molecule has 0 aromatic heterocycles. The molecule has 0 radical (unpaired) electrons. The number of hydrogen-bond acceptors (Lipinski definition) is 9. The highest BCUT2D eigenvalue weighted by Gasteiger charge is 2.38. The Labute approximate surface area is 272 Å². The fourth-order valence-corrected chi connectivity index (χ4v) is 5.43. The van der Waals surface area contributed by atoms with E-state index in [1.54, 1.807) is 62.8 Å². The molecule has 0 bridgehead atoms. The van der Waals surface area contributed by atoms with E-state index in [9.17, 15) is 19.7 Å². The van der Waals surface area contributed by atoms with E-state index >= 15 is 0 Å². The van der Waals surface area contributed by atoms with E-state index in [2.05, 4.69) is 15.5 Å². The van der Waals surface area contributed by atoms with Crippen LogP contribution < -0.4 is 24.8 Å². The summed E-state index contributed by atoms with van der Waals surface area (Å²) in [5.74, 6) is -0.441. The number of rotatable bonds is 12. The van der Waals surface area contributed by atoms with E-state index in [0.717, 1.165) is 17.4 Å². The number of nitro groups is 1. The van der Waals surface area contributed by atoms with Gasteiger partial charge in [-0.15, -0.1) is 0 Å². The smallest absolute Gasteiger partial charge is 0.271 e. The third-order valence-corrected chi connectivity index (χ3v) is 8.06. The summed E-state index contributed by atoms with van der Waals surface area (Å²) in [4.78, 5) is 40.2. The van der Waals surface area contributed by atoms with E-state index in [4.69, 9.17) is 18.9 Å². The number of amides is 2. The molecule has 0 unspecified atom stereocenters. The summed E-state index contributed by atoms with van der Waals surface area (Å²) in [5, 5.41) is 17.0. The van der Waals surface area contributed by atoms with Crippen LogP contribution in [0.3, 0.4) is 0 Å². The average molecular weight is 641 g/mol. The van der Waals surface area contributed by atoms with Crippen molar-refractivity contribution in [2.24, 2.45) is 0 Å². The summed E-state index contributed by atoms with van der Waals surface area (Å²) >= 11 is 0. The molecular formula is C35H36N4O8. The Hall–Kier alpha value is -5.46. The Balaban J connectivity index is 1.33. The summed E-state index contributed by atoms with van der Waals surface area (Å²) in [6.07, 6.45) is 1.07. The zero-order valence-corrected chi connectivity index (χ0v) is 26.4. The molecule has 4 aromatic rings. The monoisotopic (exact) mass is 640 g/mol. The number of anilines is 2. The summed E-state index contributed by atoms with van der Waals surface area (Å²) in [7, 11) is 4.77. The van der Waals surface area contributed by atoms with Crippen LogP contribution in [0, 0.1) is 10.1 Å². The lowest BCUT2D eigenvalue weighted by molar-refractivity contribution is -0.384. The van der Waals surface area contributed by atoms with Gasteiger partial charge in [-0.2, -0.15) is 0 Å². The Morgan fingerprint density at radius 2 is 1.47 bits per heavy atom. The number of methoxy groups -OCH3 is 3. The Morgan fingerprint density at radius 1 is 0.809 bits per heavy atom. The van der Waals surface area contributed by atoms with Crippen LogP contribution in [-0.4, -0.2) is 61.8 Å².